The molecular weight excluding hydrogens is 413 g/mol. The summed E-state index contributed by atoms with van der Waals surface area (Å²) in [4.78, 5) is 12.6. The number of aromatic nitrogens is 4. The minimum atomic E-state index is -4.34. The lowest BCUT2D eigenvalue weighted by Gasteiger charge is -2.37. The van der Waals surface area contributed by atoms with Crippen LogP contribution in [0.1, 0.15) is 5.56 Å². The topological polar surface area (TPSA) is 60.9 Å². The lowest BCUT2D eigenvalue weighted by Crippen LogP contribution is -2.47. The zero-order chi connectivity index (χ0) is 18.3. The molecule has 0 amide bonds. The van der Waals surface area contributed by atoms with E-state index in [2.05, 4.69) is 41.0 Å². The molecule has 0 unspecified atom stereocenters. The highest BCUT2D eigenvalue weighted by Crippen LogP contribution is 2.33. The van der Waals surface area contributed by atoms with Crippen LogP contribution in [0.4, 0.5) is 24.7 Å². The summed E-state index contributed by atoms with van der Waals surface area (Å²) in [6.45, 7) is 2.48. The smallest absolute Gasteiger partial charge is 0.368 e. The van der Waals surface area contributed by atoms with Crippen molar-refractivity contribution in [3.8, 4) is 0 Å². The van der Waals surface area contributed by atoms with Crippen LogP contribution in [0.25, 0.3) is 11.0 Å². The highest BCUT2D eigenvalue weighted by Gasteiger charge is 2.31. The predicted octanol–water partition coefficient (Wildman–Crippen LogP) is 3.46. The Morgan fingerprint density at radius 2 is 1.77 bits per heavy atom. The normalized spacial score (nSPS) is 15.7. The van der Waals surface area contributed by atoms with Gasteiger partial charge in [-0.05, 0) is 34.1 Å². The van der Waals surface area contributed by atoms with Gasteiger partial charge in [0.15, 0.2) is 5.65 Å². The van der Waals surface area contributed by atoms with E-state index in [1.54, 1.807) is 6.07 Å². The van der Waals surface area contributed by atoms with E-state index >= 15 is 0 Å². The third-order valence-corrected chi connectivity index (χ3v) is 4.99. The quantitative estimate of drug-likeness (QED) is 0.679. The number of benzene rings is 1. The first kappa shape index (κ1) is 17.1. The molecule has 0 bridgehead atoms. The number of rotatable bonds is 2. The third-order valence-electron chi connectivity index (χ3n) is 4.41. The zero-order valence-corrected chi connectivity index (χ0v) is 15.0. The summed E-state index contributed by atoms with van der Waals surface area (Å²) in [7, 11) is 0. The minimum Gasteiger partial charge on any atom is -0.368 e. The van der Waals surface area contributed by atoms with Gasteiger partial charge < -0.3 is 9.80 Å². The Labute approximate surface area is 155 Å². The van der Waals surface area contributed by atoms with Gasteiger partial charge in [-0.15, -0.1) is 0 Å². The first-order valence-electron chi connectivity index (χ1n) is 7.95. The molecule has 0 spiro atoms. The molecule has 3 aromatic rings. The summed E-state index contributed by atoms with van der Waals surface area (Å²) in [5.41, 5.74) is 0.594. The molecule has 136 valence electrons. The second kappa shape index (κ2) is 6.42. The van der Waals surface area contributed by atoms with Crippen LogP contribution >= 0.6 is 15.9 Å². The highest BCUT2D eigenvalue weighted by atomic mass is 79.9. The van der Waals surface area contributed by atoms with Crippen molar-refractivity contribution in [1.29, 1.82) is 0 Å². The van der Waals surface area contributed by atoms with Gasteiger partial charge in [-0.1, -0.05) is 6.07 Å². The number of hydrogen-bond donors (Lipinski definition) is 1. The van der Waals surface area contributed by atoms with E-state index in [4.69, 9.17) is 0 Å². The van der Waals surface area contributed by atoms with Crippen molar-refractivity contribution in [2.75, 3.05) is 36.0 Å². The Morgan fingerprint density at radius 1 is 1.04 bits per heavy atom. The Kier molecular flexibility index (Phi) is 4.22. The fourth-order valence-electron chi connectivity index (χ4n) is 3.10. The number of fused-ring (bicyclic) bond motifs is 1. The summed E-state index contributed by atoms with van der Waals surface area (Å²) in [5.74, 6) is 0.763. The van der Waals surface area contributed by atoms with Crippen LogP contribution in [-0.4, -0.2) is 46.3 Å². The lowest BCUT2D eigenvalue weighted by molar-refractivity contribution is -0.137. The van der Waals surface area contributed by atoms with Crippen molar-refractivity contribution in [3.63, 3.8) is 0 Å². The van der Waals surface area contributed by atoms with Crippen LogP contribution < -0.4 is 9.80 Å². The predicted molar refractivity (Wildman–Crippen MR) is 95.3 cm³/mol. The number of hydrogen-bond acceptors (Lipinski definition) is 5. The molecule has 1 aliphatic rings. The maximum absolute atomic E-state index is 12.9. The SMILES string of the molecule is FC(F)(F)c1cccc(N2CCN(c3ncnc4[nH]nc(Br)c34)CC2)c1. The molecule has 10 heteroatoms. The molecule has 4 rings (SSSR count). The van der Waals surface area contributed by atoms with Crippen molar-refractivity contribution in [2.45, 2.75) is 6.18 Å². The van der Waals surface area contributed by atoms with Crippen LogP contribution in [0, 0.1) is 0 Å². The molecule has 1 aliphatic heterocycles. The molecule has 1 saturated heterocycles. The summed E-state index contributed by atoms with van der Waals surface area (Å²) < 4.78 is 39.4. The first-order valence-corrected chi connectivity index (χ1v) is 8.74. The summed E-state index contributed by atoms with van der Waals surface area (Å²) >= 11 is 3.39. The van der Waals surface area contributed by atoms with Gasteiger partial charge in [0, 0.05) is 31.9 Å². The molecule has 26 heavy (non-hydrogen) atoms. The molecule has 2 aromatic heterocycles. The Morgan fingerprint density at radius 3 is 2.50 bits per heavy atom. The van der Waals surface area contributed by atoms with E-state index in [0.717, 1.165) is 17.3 Å². The number of anilines is 2. The van der Waals surface area contributed by atoms with E-state index in [0.29, 0.717) is 42.1 Å². The molecule has 6 nitrogen and oxygen atoms in total. The van der Waals surface area contributed by atoms with E-state index in [1.807, 2.05) is 4.90 Å². The number of halogens is 4. The van der Waals surface area contributed by atoms with E-state index < -0.39 is 11.7 Å². The van der Waals surface area contributed by atoms with Crippen LogP contribution in [0.15, 0.2) is 35.2 Å². The molecular formula is C16H14BrF3N6. The molecule has 0 radical (unpaired) electrons. The molecule has 0 saturated carbocycles. The average Bonchev–Trinajstić information content (AvgIpc) is 3.03. The Hall–Kier alpha value is -2.36. The van der Waals surface area contributed by atoms with Gasteiger partial charge in [0.1, 0.15) is 16.7 Å². The Balaban J connectivity index is 1.53. The monoisotopic (exact) mass is 426 g/mol. The number of H-pyrrole nitrogens is 1. The van der Waals surface area contributed by atoms with Gasteiger partial charge in [0.2, 0.25) is 0 Å². The van der Waals surface area contributed by atoms with Crippen molar-refractivity contribution < 1.29 is 13.2 Å². The highest BCUT2D eigenvalue weighted by molar-refractivity contribution is 9.10. The summed E-state index contributed by atoms with van der Waals surface area (Å²) in [5, 5.41) is 7.73. The van der Waals surface area contributed by atoms with Crippen LogP contribution in [0.3, 0.4) is 0 Å². The third kappa shape index (κ3) is 3.09. The number of nitrogens with zero attached hydrogens (tertiary/aromatic N) is 5. The van der Waals surface area contributed by atoms with E-state index in [9.17, 15) is 13.2 Å². The fraction of sp³-hybridized carbons (Fsp3) is 0.312. The van der Waals surface area contributed by atoms with Crippen molar-refractivity contribution in [2.24, 2.45) is 0 Å². The second-order valence-corrected chi connectivity index (χ2v) is 6.71. The van der Waals surface area contributed by atoms with Gasteiger partial charge in [-0.25, -0.2) is 9.97 Å². The van der Waals surface area contributed by atoms with Gasteiger partial charge in [-0.2, -0.15) is 18.3 Å². The van der Waals surface area contributed by atoms with Crippen molar-refractivity contribution in [3.05, 3.63) is 40.8 Å². The summed E-state index contributed by atoms with van der Waals surface area (Å²) in [6.07, 6.45) is -2.86. The average molecular weight is 427 g/mol. The maximum atomic E-state index is 12.9. The summed E-state index contributed by atoms with van der Waals surface area (Å²) in [6, 6.07) is 5.44. The Bertz CT molecular complexity index is 933. The van der Waals surface area contributed by atoms with Crippen LogP contribution in [0.5, 0.6) is 0 Å². The zero-order valence-electron chi connectivity index (χ0n) is 13.5. The molecule has 0 atom stereocenters. The molecule has 1 fully saturated rings. The molecule has 0 aliphatic carbocycles. The number of aromatic amines is 1. The minimum absolute atomic E-state index is 0.580. The largest absolute Gasteiger partial charge is 0.416 e. The van der Waals surface area contributed by atoms with E-state index in [1.165, 1.54) is 18.5 Å². The fourth-order valence-corrected chi connectivity index (χ4v) is 3.56. The lowest BCUT2D eigenvalue weighted by atomic mass is 10.1. The molecule has 1 aromatic carbocycles. The number of alkyl halides is 3. The second-order valence-electron chi connectivity index (χ2n) is 5.96. The van der Waals surface area contributed by atoms with Gasteiger partial charge in [-0.3, -0.25) is 5.10 Å². The van der Waals surface area contributed by atoms with Crippen molar-refractivity contribution in [1.82, 2.24) is 20.2 Å². The molecule has 3 heterocycles. The van der Waals surface area contributed by atoms with E-state index in [-0.39, 0.29) is 0 Å². The van der Waals surface area contributed by atoms with Crippen LogP contribution in [0.2, 0.25) is 0 Å². The van der Waals surface area contributed by atoms with Crippen LogP contribution in [-0.2, 0) is 6.18 Å². The number of piperazine rings is 1. The number of nitrogens with one attached hydrogen (secondary N) is 1. The first-order chi connectivity index (χ1) is 12.4. The standard InChI is InChI=1S/C16H14BrF3N6/c17-13-12-14(24-23-13)21-9-22-15(12)26-6-4-25(5-7-26)11-3-1-2-10(8-11)16(18,19)20/h1-3,8-9H,4-7H2,(H,21,22,23,24). The maximum Gasteiger partial charge on any atom is 0.416 e. The van der Waals surface area contributed by atoms with Gasteiger partial charge in [0.25, 0.3) is 0 Å². The van der Waals surface area contributed by atoms with Crippen molar-refractivity contribution >= 4 is 38.5 Å². The van der Waals surface area contributed by atoms with Gasteiger partial charge >= 0.3 is 6.18 Å². The molecule has 1 N–H and O–H groups in total. The van der Waals surface area contributed by atoms with Gasteiger partial charge in [0.05, 0.1) is 10.9 Å².